The van der Waals surface area contributed by atoms with Crippen molar-refractivity contribution < 1.29 is 4.79 Å². The number of aromatic nitrogens is 4. The zero-order chi connectivity index (χ0) is 22.2. The molecule has 0 atom stereocenters. The molecule has 8 heteroatoms. The summed E-state index contributed by atoms with van der Waals surface area (Å²) in [6.45, 7) is 7.02. The average Bonchev–Trinajstić information content (AvgIpc) is 3.09. The van der Waals surface area contributed by atoms with E-state index in [-0.39, 0.29) is 11.8 Å². The maximum Gasteiger partial charge on any atom is 0.225 e. The Morgan fingerprint density at radius 1 is 1.03 bits per heavy atom. The molecular formula is C24H31ClN6O. The van der Waals surface area contributed by atoms with Crippen molar-refractivity contribution in [3.63, 3.8) is 0 Å². The van der Waals surface area contributed by atoms with Gasteiger partial charge in [-0.2, -0.15) is 0 Å². The summed E-state index contributed by atoms with van der Waals surface area (Å²) in [5, 5.41) is 11.0. The second-order valence-corrected chi connectivity index (χ2v) is 9.88. The molecule has 1 aliphatic carbocycles. The Kier molecular flexibility index (Phi) is 5.93. The molecule has 0 radical (unpaired) electrons. The standard InChI is InChI=1S/C24H31ClN6O/c1-16(2)23(32)29-11-6-12-30(14-13-29)24-26-20-15-18(25)9-10-19(20)22-28-27-21(31(22)24)17-7-4-3-5-8-17/h9-10,15-17H,3-8,11-14H2,1-2H3. The van der Waals surface area contributed by atoms with Crippen molar-refractivity contribution in [2.24, 2.45) is 5.92 Å². The lowest BCUT2D eigenvalue weighted by Gasteiger charge is -2.26. The van der Waals surface area contributed by atoms with Crippen LogP contribution in [0.5, 0.6) is 0 Å². The predicted molar refractivity (Wildman–Crippen MR) is 127 cm³/mol. The van der Waals surface area contributed by atoms with E-state index in [1.165, 1.54) is 19.3 Å². The molecule has 1 saturated carbocycles. The van der Waals surface area contributed by atoms with Gasteiger partial charge in [0, 0.05) is 48.4 Å². The molecule has 1 saturated heterocycles. The third-order valence-electron chi connectivity index (χ3n) is 6.86. The Morgan fingerprint density at radius 2 is 1.84 bits per heavy atom. The second kappa shape index (κ2) is 8.85. The van der Waals surface area contributed by atoms with Crippen molar-refractivity contribution in [3.05, 3.63) is 29.0 Å². The first-order chi connectivity index (χ1) is 15.5. The van der Waals surface area contributed by atoms with Crippen LogP contribution in [0.2, 0.25) is 5.02 Å². The molecule has 1 aliphatic heterocycles. The van der Waals surface area contributed by atoms with Crippen molar-refractivity contribution in [2.45, 2.75) is 58.3 Å². The first-order valence-electron chi connectivity index (χ1n) is 11.9. The van der Waals surface area contributed by atoms with E-state index in [0.717, 1.165) is 67.2 Å². The highest BCUT2D eigenvalue weighted by molar-refractivity contribution is 6.31. The SMILES string of the molecule is CC(C)C(=O)N1CCCN(c2nc3cc(Cl)ccc3c3nnc(C4CCCCC4)n23)CC1. The number of amides is 1. The summed E-state index contributed by atoms with van der Waals surface area (Å²) in [6.07, 6.45) is 6.98. The Bertz CT molecular complexity index is 1140. The van der Waals surface area contributed by atoms with E-state index in [0.29, 0.717) is 17.5 Å². The summed E-state index contributed by atoms with van der Waals surface area (Å²) in [6, 6.07) is 5.79. The first kappa shape index (κ1) is 21.4. The maximum atomic E-state index is 12.6. The minimum absolute atomic E-state index is 0.0185. The number of hydrogen-bond acceptors (Lipinski definition) is 5. The van der Waals surface area contributed by atoms with E-state index < -0.39 is 0 Å². The molecule has 1 aromatic carbocycles. The fraction of sp³-hybridized carbons (Fsp3) is 0.583. The van der Waals surface area contributed by atoms with Crippen LogP contribution in [-0.4, -0.2) is 56.6 Å². The lowest BCUT2D eigenvalue weighted by Crippen LogP contribution is -2.38. The van der Waals surface area contributed by atoms with Crippen LogP contribution in [0.15, 0.2) is 18.2 Å². The highest BCUT2D eigenvalue weighted by Crippen LogP contribution is 2.35. The molecule has 0 spiro atoms. The van der Waals surface area contributed by atoms with Gasteiger partial charge in [-0.1, -0.05) is 44.7 Å². The number of nitrogens with zero attached hydrogens (tertiary/aromatic N) is 6. The van der Waals surface area contributed by atoms with Gasteiger partial charge in [0.15, 0.2) is 5.65 Å². The van der Waals surface area contributed by atoms with Crippen LogP contribution in [0.25, 0.3) is 16.6 Å². The Balaban J connectivity index is 1.60. The van der Waals surface area contributed by atoms with Crippen molar-refractivity contribution in [1.29, 1.82) is 0 Å². The summed E-state index contributed by atoms with van der Waals surface area (Å²) < 4.78 is 2.19. The Labute approximate surface area is 193 Å². The van der Waals surface area contributed by atoms with Gasteiger partial charge in [0.1, 0.15) is 5.82 Å². The van der Waals surface area contributed by atoms with E-state index in [2.05, 4.69) is 19.5 Å². The molecular weight excluding hydrogens is 424 g/mol. The summed E-state index contributed by atoms with van der Waals surface area (Å²) in [7, 11) is 0. The topological polar surface area (TPSA) is 66.6 Å². The molecule has 0 bridgehead atoms. The molecule has 3 aromatic rings. The zero-order valence-corrected chi connectivity index (χ0v) is 19.7. The van der Waals surface area contributed by atoms with Crippen molar-refractivity contribution >= 4 is 40.0 Å². The third-order valence-corrected chi connectivity index (χ3v) is 7.10. The van der Waals surface area contributed by atoms with Gasteiger partial charge in [-0.3, -0.25) is 4.79 Å². The molecule has 2 fully saturated rings. The second-order valence-electron chi connectivity index (χ2n) is 9.45. The van der Waals surface area contributed by atoms with Crippen LogP contribution in [0.4, 0.5) is 5.95 Å². The van der Waals surface area contributed by atoms with Gasteiger partial charge in [0.2, 0.25) is 11.9 Å². The van der Waals surface area contributed by atoms with Crippen molar-refractivity contribution in [3.8, 4) is 0 Å². The largest absolute Gasteiger partial charge is 0.341 e. The molecule has 170 valence electrons. The van der Waals surface area contributed by atoms with E-state index in [9.17, 15) is 4.79 Å². The number of rotatable bonds is 3. The Hall–Kier alpha value is -2.41. The first-order valence-corrected chi connectivity index (χ1v) is 12.3. The van der Waals surface area contributed by atoms with Crippen LogP contribution >= 0.6 is 11.6 Å². The van der Waals surface area contributed by atoms with Gasteiger partial charge in [0.25, 0.3) is 0 Å². The number of carbonyl (C=O) groups is 1. The number of halogens is 1. The summed E-state index contributed by atoms with van der Waals surface area (Å²) >= 11 is 6.30. The number of anilines is 1. The molecule has 3 heterocycles. The fourth-order valence-corrected chi connectivity index (χ4v) is 5.32. The minimum atomic E-state index is 0.0185. The van der Waals surface area contributed by atoms with Crippen LogP contribution in [0, 0.1) is 5.92 Å². The lowest BCUT2D eigenvalue weighted by molar-refractivity contribution is -0.134. The highest BCUT2D eigenvalue weighted by atomic mass is 35.5. The van der Waals surface area contributed by atoms with Crippen LogP contribution in [-0.2, 0) is 4.79 Å². The normalized spacial score (nSPS) is 18.6. The smallest absolute Gasteiger partial charge is 0.225 e. The van der Waals surface area contributed by atoms with Crippen molar-refractivity contribution in [1.82, 2.24) is 24.5 Å². The molecule has 5 rings (SSSR count). The van der Waals surface area contributed by atoms with Crippen LogP contribution in [0.3, 0.4) is 0 Å². The summed E-state index contributed by atoms with van der Waals surface area (Å²) in [5.74, 6) is 2.56. The van der Waals surface area contributed by atoms with E-state index in [1.807, 2.05) is 36.9 Å². The zero-order valence-electron chi connectivity index (χ0n) is 18.9. The highest BCUT2D eigenvalue weighted by Gasteiger charge is 2.28. The molecule has 0 unspecified atom stereocenters. The number of carbonyl (C=O) groups excluding carboxylic acids is 1. The molecule has 32 heavy (non-hydrogen) atoms. The molecule has 7 nitrogen and oxygen atoms in total. The molecule has 0 N–H and O–H groups in total. The van der Waals surface area contributed by atoms with E-state index in [1.54, 1.807) is 0 Å². The van der Waals surface area contributed by atoms with Crippen LogP contribution in [0.1, 0.15) is 64.1 Å². The van der Waals surface area contributed by atoms with Gasteiger partial charge < -0.3 is 9.80 Å². The third kappa shape index (κ3) is 3.91. The van der Waals surface area contributed by atoms with Gasteiger partial charge in [-0.05, 0) is 37.5 Å². The van der Waals surface area contributed by atoms with Gasteiger partial charge >= 0.3 is 0 Å². The summed E-state index contributed by atoms with van der Waals surface area (Å²) in [4.78, 5) is 22.0. The fourth-order valence-electron chi connectivity index (χ4n) is 5.15. The van der Waals surface area contributed by atoms with Gasteiger partial charge in [-0.25, -0.2) is 9.38 Å². The van der Waals surface area contributed by atoms with Crippen LogP contribution < -0.4 is 4.90 Å². The maximum absolute atomic E-state index is 12.6. The molecule has 2 aromatic heterocycles. The van der Waals surface area contributed by atoms with E-state index in [4.69, 9.17) is 16.6 Å². The van der Waals surface area contributed by atoms with Crippen molar-refractivity contribution in [2.75, 3.05) is 31.1 Å². The Morgan fingerprint density at radius 3 is 2.62 bits per heavy atom. The monoisotopic (exact) mass is 454 g/mol. The van der Waals surface area contributed by atoms with Gasteiger partial charge in [-0.15, -0.1) is 10.2 Å². The number of benzene rings is 1. The number of hydrogen-bond donors (Lipinski definition) is 0. The number of fused-ring (bicyclic) bond motifs is 3. The molecule has 1 amide bonds. The average molecular weight is 455 g/mol. The predicted octanol–water partition coefficient (Wildman–Crippen LogP) is 4.67. The van der Waals surface area contributed by atoms with E-state index >= 15 is 0 Å². The molecule has 2 aliphatic rings. The summed E-state index contributed by atoms with van der Waals surface area (Å²) in [5.41, 5.74) is 1.68. The quantitative estimate of drug-likeness (QED) is 0.575. The lowest BCUT2D eigenvalue weighted by atomic mass is 9.89. The van der Waals surface area contributed by atoms with Gasteiger partial charge in [0.05, 0.1) is 5.52 Å². The minimum Gasteiger partial charge on any atom is -0.341 e.